The number of carboxylic acids is 1. The lowest BCUT2D eigenvalue weighted by Crippen LogP contribution is -2.13. The Bertz CT molecular complexity index is 292. The molecule has 1 aliphatic rings. The molecule has 1 aromatic rings. The van der Waals surface area contributed by atoms with Crippen LogP contribution in [0, 0.1) is 0 Å². The average Bonchev–Trinajstić information content (AvgIpc) is 2.41. The number of aryl methyl sites for hydroxylation is 1. The summed E-state index contributed by atoms with van der Waals surface area (Å²) < 4.78 is 1.72. The van der Waals surface area contributed by atoms with Crippen LogP contribution in [0.25, 0.3) is 0 Å². The van der Waals surface area contributed by atoms with Crippen LogP contribution in [0.3, 0.4) is 0 Å². The number of imidazole rings is 1. The highest BCUT2D eigenvalue weighted by Gasteiger charge is 2.27. The number of nitrogens with zero attached hydrogens (tertiary/aromatic N) is 2. The molecule has 0 saturated carbocycles. The van der Waals surface area contributed by atoms with E-state index >= 15 is 0 Å². The average molecular weight is 152 g/mol. The lowest BCUT2D eigenvalue weighted by molar-refractivity contribution is -0.140. The fourth-order valence-corrected chi connectivity index (χ4v) is 1.47. The summed E-state index contributed by atoms with van der Waals surface area (Å²) in [5.74, 6) is 0.124. The van der Waals surface area contributed by atoms with Crippen molar-refractivity contribution in [2.45, 2.75) is 18.9 Å². The van der Waals surface area contributed by atoms with Gasteiger partial charge in [-0.1, -0.05) is 0 Å². The summed E-state index contributed by atoms with van der Waals surface area (Å²) >= 11 is 0. The van der Waals surface area contributed by atoms with Gasteiger partial charge in [0.1, 0.15) is 11.9 Å². The van der Waals surface area contributed by atoms with E-state index in [4.69, 9.17) is 5.11 Å². The number of carbonyl (C=O) groups is 1. The molecule has 11 heavy (non-hydrogen) atoms. The molecule has 0 bridgehead atoms. The summed E-state index contributed by atoms with van der Waals surface area (Å²) in [6.07, 6.45) is 4.83. The molecule has 0 radical (unpaired) electrons. The number of carboxylic acid groups (broad SMARTS) is 1. The lowest BCUT2D eigenvalue weighted by Gasteiger charge is -2.04. The van der Waals surface area contributed by atoms with Crippen LogP contribution < -0.4 is 0 Å². The number of aromatic nitrogens is 2. The third-order valence-corrected chi connectivity index (χ3v) is 2.01. The van der Waals surface area contributed by atoms with E-state index in [2.05, 4.69) is 4.98 Å². The van der Waals surface area contributed by atoms with Crippen LogP contribution in [0.15, 0.2) is 12.4 Å². The molecule has 4 nitrogen and oxygen atoms in total. The van der Waals surface area contributed by atoms with Gasteiger partial charge >= 0.3 is 5.97 Å². The maximum atomic E-state index is 10.6. The van der Waals surface area contributed by atoms with Gasteiger partial charge in [-0.05, 0) is 6.42 Å². The second-order valence-electron chi connectivity index (χ2n) is 2.64. The molecule has 58 valence electrons. The van der Waals surface area contributed by atoms with E-state index in [1.807, 2.05) is 0 Å². The molecule has 0 amide bonds. The van der Waals surface area contributed by atoms with Crippen molar-refractivity contribution in [2.75, 3.05) is 0 Å². The van der Waals surface area contributed by atoms with Crippen molar-refractivity contribution in [3.63, 3.8) is 0 Å². The fraction of sp³-hybridized carbons (Fsp3) is 0.429. The molecule has 0 fully saturated rings. The minimum Gasteiger partial charge on any atom is -0.480 e. The third kappa shape index (κ3) is 0.824. The Kier molecular flexibility index (Phi) is 1.21. The molecule has 2 rings (SSSR count). The maximum absolute atomic E-state index is 10.6. The zero-order valence-corrected chi connectivity index (χ0v) is 5.90. The monoisotopic (exact) mass is 152 g/mol. The highest BCUT2D eigenvalue weighted by Crippen LogP contribution is 2.23. The van der Waals surface area contributed by atoms with Crippen LogP contribution in [-0.2, 0) is 11.2 Å². The number of fused-ring (bicyclic) bond motifs is 1. The Labute approximate surface area is 63.5 Å². The molecule has 0 saturated heterocycles. The molecule has 1 aliphatic heterocycles. The molecule has 4 heteroatoms. The SMILES string of the molecule is O=C(O)C1CCc2nccn21. The minimum absolute atomic E-state index is 0.382. The summed E-state index contributed by atoms with van der Waals surface area (Å²) in [5.41, 5.74) is 0. The van der Waals surface area contributed by atoms with E-state index in [0.717, 1.165) is 12.2 Å². The fourth-order valence-electron chi connectivity index (χ4n) is 1.47. The van der Waals surface area contributed by atoms with Crippen molar-refractivity contribution in [1.29, 1.82) is 0 Å². The van der Waals surface area contributed by atoms with E-state index in [1.54, 1.807) is 17.0 Å². The first kappa shape index (κ1) is 6.39. The molecule has 1 N–H and O–H groups in total. The van der Waals surface area contributed by atoms with Crippen LogP contribution >= 0.6 is 0 Å². The number of rotatable bonds is 1. The van der Waals surface area contributed by atoms with Crippen molar-refractivity contribution < 1.29 is 9.90 Å². The molecule has 0 aromatic carbocycles. The molecule has 0 aliphatic carbocycles. The zero-order chi connectivity index (χ0) is 7.84. The van der Waals surface area contributed by atoms with E-state index in [1.165, 1.54) is 0 Å². The summed E-state index contributed by atoms with van der Waals surface area (Å²) in [5, 5.41) is 8.73. The smallest absolute Gasteiger partial charge is 0.326 e. The molecular weight excluding hydrogens is 144 g/mol. The van der Waals surface area contributed by atoms with Gasteiger partial charge in [-0.25, -0.2) is 9.78 Å². The van der Waals surface area contributed by atoms with Gasteiger partial charge in [0.05, 0.1) is 0 Å². The molecular formula is C7H8N2O2. The first-order valence-corrected chi connectivity index (χ1v) is 3.53. The van der Waals surface area contributed by atoms with Crippen molar-refractivity contribution in [2.24, 2.45) is 0 Å². The molecule has 1 atom stereocenters. The summed E-state index contributed by atoms with van der Waals surface area (Å²) in [7, 11) is 0. The molecule has 1 unspecified atom stereocenters. The van der Waals surface area contributed by atoms with Gasteiger partial charge in [0.15, 0.2) is 0 Å². The number of aliphatic carboxylic acids is 1. The topological polar surface area (TPSA) is 55.1 Å². The zero-order valence-electron chi connectivity index (χ0n) is 5.90. The van der Waals surface area contributed by atoms with E-state index in [9.17, 15) is 4.79 Å². The number of hydrogen-bond acceptors (Lipinski definition) is 2. The highest BCUT2D eigenvalue weighted by molar-refractivity contribution is 5.72. The van der Waals surface area contributed by atoms with E-state index < -0.39 is 5.97 Å². The van der Waals surface area contributed by atoms with Crippen LogP contribution in [-0.4, -0.2) is 20.6 Å². The van der Waals surface area contributed by atoms with Gasteiger partial charge in [-0.3, -0.25) is 0 Å². The Balaban J connectivity index is 2.38. The maximum Gasteiger partial charge on any atom is 0.326 e. The largest absolute Gasteiger partial charge is 0.480 e. The Hall–Kier alpha value is -1.32. The van der Waals surface area contributed by atoms with Crippen LogP contribution in [0.5, 0.6) is 0 Å². The van der Waals surface area contributed by atoms with Gasteiger partial charge in [-0.15, -0.1) is 0 Å². The molecule has 0 spiro atoms. The predicted molar refractivity (Wildman–Crippen MR) is 37.2 cm³/mol. The predicted octanol–water partition coefficient (Wildman–Crippen LogP) is 0.455. The summed E-state index contributed by atoms with van der Waals surface area (Å²) in [4.78, 5) is 14.6. The van der Waals surface area contributed by atoms with Gasteiger partial charge in [0.25, 0.3) is 0 Å². The van der Waals surface area contributed by atoms with Gasteiger partial charge in [0, 0.05) is 18.8 Å². The standard InChI is InChI=1S/C7H8N2O2/c10-7(11)5-1-2-6-8-3-4-9(5)6/h3-5H,1-2H2,(H,10,11). The second kappa shape index (κ2) is 2.08. The van der Waals surface area contributed by atoms with Crippen LogP contribution in [0.1, 0.15) is 18.3 Å². The number of hydrogen-bond donors (Lipinski definition) is 1. The van der Waals surface area contributed by atoms with Gasteiger partial charge < -0.3 is 9.67 Å². The van der Waals surface area contributed by atoms with E-state index in [-0.39, 0.29) is 6.04 Å². The summed E-state index contributed by atoms with van der Waals surface area (Å²) in [6, 6.07) is -0.382. The van der Waals surface area contributed by atoms with Crippen molar-refractivity contribution >= 4 is 5.97 Å². The Morgan fingerprint density at radius 2 is 2.64 bits per heavy atom. The quantitative estimate of drug-likeness (QED) is 0.635. The van der Waals surface area contributed by atoms with Gasteiger partial charge in [0.2, 0.25) is 0 Å². The minimum atomic E-state index is -0.762. The van der Waals surface area contributed by atoms with E-state index in [0.29, 0.717) is 6.42 Å². The lowest BCUT2D eigenvalue weighted by atomic mass is 10.2. The molecule has 1 aromatic heterocycles. The second-order valence-corrected chi connectivity index (χ2v) is 2.64. The first-order chi connectivity index (χ1) is 5.29. The Morgan fingerprint density at radius 3 is 3.36 bits per heavy atom. The first-order valence-electron chi connectivity index (χ1n) is 3.53. The third-order valence-electron chi connectivity index (χ3n) is 2.01. The van der Waals surface area contributed by atoms with Crippen molar-refractivity contribution in [3.8, 4) is 0 Å². The van der Waals surface area contributed by atoms with Crippen LogP contribution in [0.4, 0.5) is 0 Å². The summed E-state index contributed by atoms with van der Waals surface area (Å²) in [6.45, 7) is 0. The normalized spacial score (nSPS) is 21.6. The Morgan fingerprint density at radius 1 is 1.82 bits per heavy atom. The van der Waals surface area contributed by atoms with Crippen LogP contribution in [0.2, 0.25) is 0 Å². The highest BCUT2D eigenvalue weighted by atomic mass is 16.4. The van der Waals surface area contributed by atoms with Crippen molar-refractivity contribution in [3.05, 3.63) is 18.2 Å². The molecule has 2 heterocycles. The van der Waals surface area contributed by atoms with Gasteiger partial charge in [-0.2, -0.15) is 0 Å². The van der Waals surface area contributed by atoms with Crippen molar-refractivity contribution in [1.82, 2.24) is 9.55 Å².